The molecule has 0 unspecified atom stereocenters. The van der Waals surface area contributed by atoms with E-state index >= 15 is 0 Å². The summed E-state index contributed by atoms with van der Waals surface area (Å²) >= 11 is 1.83. The number of carbonyl (C=O) groups is 1. The number of allylic oxidation sites excluding steroid dienone is 2. The predicted molar refractivity (Wildman–Crippen MR) is 112 cm³/mol. The maximum Gasteiger partial charge on any atom is 0.230 e. The van der Waals surface area contributed by atoms with Crippen LogP contribution in [0.4, 0.5) is 0 Å². The average Bonchev–Trinajstić information content (AvgIpc) is 3.36. The van der Waals surface area contributed by atoms with Gasteiger partial charge in [0.15, 0.2) is 0 Å². The van der Waals surface area contributed by atoms with Crippen molar-refractivity contribution in [2.24, 2.45) is 5.41 Å². The largest absolute Gasteiger partial charge is 0.341 e. The van der Waals surface area contributed by atoms with Crippen LogP contribution in [0.15, 0.2) is 29.2 Å². The lowest BCUT2D eigenvalue weighted by molar-refractivity contribution is -0.143. The Morgan fingerprint density at radius 1 is 1.30 bits per heavy atom. The monoisotopic (exact) mass is 387 g/mol. The summed E-state index contributed by atoms with van der Waals surface area (Å²) < 4.78 is 0. The second kappa shape index (κ2) is 8.06. The zero-order valence-corrected chi connectivity index (χ0v) is 17.6. The highest BCUT2D eigenvalue weighted by Gasteiger charge is 2.55. The van der Waals surface area contributed by atoms with E-state index in [-0.39, 0.29) is 5.41 Å². The third-order valence-corrected chi connectivity index (χ3v) is 7.52. The Kier molecular flexibility index (Phi) is 5.72. The first-order chi connectivity index (χ1) is 13.1. The zero-order valence-electron chi connectivity index (χ0n) is 16.7. The van der Waals surface area contributed by atoms with E-state index in [0.717, 1.165) is 58.4 Å². The maximum atomic E-state index is 13.7. The van der Waals surface area contributed by atoms with Gasteiger partial charge in [0, 0.05) is 49.7 Å². The van der Waals surface area contributed by atoms with E-state index in [2.05, 4.69) is 52.6 Å². The molecule has 0 saturated carbocycles. The number of fused-ring (bicyclic) bond motifs is 2. The number of hydrogen-bond donors (Lipinski definition) is 1. The summed E-state index contributed by atoms with van der Waals surface area (Å²) in [5, 5.41) is 5.88. The topological polar surface area (TPSA) is 35.6 Å². The van der Waals surface area contributed by atoms with E-state index in [0.29, 0.717) is 18.0 Å². The first-order valence-electron chi connectivity index (χ1n) is 10.5. The van der Waals surface area contributed by atoms with Gasteiger partial charge >= 0.3 is 0 Å². The smallest absolute Gasteiger partial charge is 0.230 e. The Morgan fingerprint density at radius 2 is 2.19 bits per heavy atom. The number of thiophene rings is 1. The summed E-state index contributed by atoms with van der Waals surface area (Å²) in [6, 6.07) is 5.26. The molecule has 148 valence electrons. The molecule has 0 radical (unpaired) electrons. The number of hydrogen-bond acceptors (Lipinski definition) is 4. The van der Waals surface area contributed by atoms with Crippen LogP contribution in [-0.2, 0) is 11.3 Å². The van der Waals surface area contributed by atoms with Crippen LogP contribution in [-0.4, -0.2) is 54.0 Å². The van der Waals surface area contributed by atoms with Gasteiger partial charge in [-0.05, 0) is 57.4 Å². The van der Waals surface area contributed by atoms with Crippen LogP contribution >= 0.6 is 11.3 Å². The summed E-state index contributed by atoms with van der Waals surface area (Å²) in [5.74, 6) is 0.415. The number of nitrogens with zero attached hydrogens (tertiary/aromatic N) is 2. The van der Waals surface area contributed by atoms with Crippen LogP contribution in [0.5, 0.6) is 0 Å². The summed E-state index contributed by atoms with van der Waals surface area (Å²) in [6.07, 6.45) is 7.69. The van der Waals surface area contributed by atoms with Gasteiger partial charge in [-0.3, -0.25) is 9.69 Å². The first kappa shape index (κ1) is 19.2. The molecule has 4 rings (SSSR count). The SMILES string of the molecule is CC(C)=CC[C@@]1(C(=O)N2CCCN(Cc3cccs3)CC2)C[C@@H]2CC[C@H]1N2. The van der Waals surface area contributed by atoms with Crippen molar-refractivity contribution in [2.75, 3.05) is 26.2 Å². The molecule has 4 nitrogen and oxygen atoms in total. The van der Waals surface area contributed by atoms with Gasteiger partial charge in [-0.15, -0.1) is 11.3 Å². The number of nitrogens with one attached hydrogen (secondary N) is 1. The number of amides is 1. The molecule has 0 aromatic carbocycles. The Hall–Kier alpha value is -1.17. The van der Waals surface area contributed by atoms with Gasteiger partial charge in [-0.2, -0.15) is 0 Å². The van der Waals surface area contributed by atoms with Crippen molar-refractivity contribution in [1.82, 2.24) is 15.1 Å². The van der Waals surface area contributed by atoms with E-state index in [9.17, 15) is 4.79 Å². The van der Waals surface area contributed by atoms with Crippen molar-refractivity contribution >= 4 is 17.2 Å². The molecule has 1 aromatic heterocycles. The Labute approximate surface area is 167 Å². The molecule has 1 amide bonds. The van der Waals surface area contributed by atoms with Gasteiger partial charge in [-0.1, -0.05) is 17.7 Å². The van der Waals surface area contributed by atoms with Crippen molar-refractivity contribution in [3.8, 4) is 0 Å². The molecule has 3 saturated heterocycles. The highest BCUT2D eigenvalue weighted by molar-refractivity contribution is 7.09. The molecule has 0 aliphatic carbocycles. The quantitative estimate of drug-likeness (QED) is 0.784. The molecule has 1 aromatic rings. The van der Waals surface area contributed by atoms with E-state index < -0.39 is 0 Å². The summed E-state index contributed by atoms with van der Waals surface area (Å²) in [6.45, 7) is 9.18. The number of rotatable bonds is 5. The zero-order chi connectivity index (χ0) is 18.9. The van der Waals surface area contributed by atoms with Crippen molar-refractivity contribution in [2.45, 2.75) is 64.6 Å². The highest BCUT2D eigenvalue weighted by atomic mass is 32.1. The van der Waals surface area contributed by atoms with Gasteiger partial charge in [0.1, 0.15) is 0 Å². The average molecular weight is 388 g/mol. The Morgan fingerprint density at radius 3 is 2.85 bits per heavy atom. The fourth-order valence-electron chi connectivity index (χ4n) is 5.20. The van der Waals surface area contributed by atoms with Gasteiger partial charge < -0.3 is 10.2 Å². The summed E-state index contributed by atoms with van der Waals surface area (Å²) in [7, 11) is 0. The molecule has 4 heterocycles. The lowest BCUT2D eigenvalue weighted by Crippen LogP contribution is -2.51. The minimum atomic E-state index is -0.205. The van der Waals surface area contributed by atoms with Crippen molar-refractivity contribution in [3.63, 3.8) is 0 Å². The molecule has 5 heteroatoms. The second-order valence-electron chi connectivity index (χ2n) is 8.84. The predicted octanol–water partition coefficient (Wildman–Crippen LogP) is 3.65. The van der Waals surface area contributed by atoms with Crippen molar-refractivity contribution in [3.05, 3.63) is 34.0 Å². The maximum absolute atomic E-state index is 13.7. The fourth-order valence-corrected chi connectivity index (χ4v) is 5.95. The molecular formula is C22H33N3OS. The minimum Gasteiger partial charge on any atom is -0.341 e. The molecule has 2 bridgehead atoms. The molecule has 3 aliphatic heterocycles. The van der Waals surface area contributed by atoms with E-state index in [4.69, 9.17) is 0 Å². The molecular weight excluding hydrogens is 354 g/mol. The normalized spacial score (nSPS) is 31.1. The van der Waals surface area contributed by atoms with Crippen molar-refractivity contribution < 1.29 is 4.79 Å². The molecule has 27 heavy (non-hydrogen) atoms. The van der Waals surface area contributed by atoms with Crippen LogP contribution in [0.25, 0.3) is 0 Å². The molecule has 1 N–H and O–H groups in total. The van der Waals surface area contributed by atoms with Crippen LogP contribution in [0.1, 0.15) is 50.8 Å². The fraction of sp³-hybridized carbons (Fsp3) is 0.682. The molecule has 3 atom stereocenters. The van der Waals surface area contributed by atoms with Crippen LogP contribution in [0.3, 0.4) is 0 Å². The van der Waals surface area contributed by atoms with E-state index in [1.54, 1.807) is 0 Å². The third kappa shape index (κ3) is 4.01. The van der Waals surface area contributed by atoms with Gasteiger partial charge in [0.25, 0.3) is 0 Å². The molecule has 0 spiro atoms. The standard InChI is InChI=1S/C22H33N3OS/c1-17(2)8-9-22(15-18-6-7-20(22)23-18)21(26)25-11-4-10-24(12-13-25)16-19-5-3-14-27-19/h3,5,8,14,18,20,23H,4,6-7,9-13,15-16H2,1-2H3/t18-,20+,22+/m0/s1. The van der Waals surface area contributed by atoms with Gasteiger partial charge in [0.05, 0.1) is 5.41 Å². The Bertz CT molecular complexity index is 682. The van der Waals surface area contributed by atoms with Crippen LogP contribution in [0, 0.1) is 5.41 Å². The summed E-state index contributed by atoms with van der Waals surface area (Å²) in [5.41, 5.74) is 1.12. The van der Waals surface area contributed by atoms with Gasteiger partial charge in [-0.25, -0.2) is 0 Å². The van der Waals surface area contributed by atoms with E-state index in [1.807, 2.05) is 11.3 Å². The Balaban J connectivity index is 1.44. The van der Waals surface area contributed by atoms with Crippen molar-refractivity contribution in [1.29, 1.82) is 0 Å². The van der Waals surface area contributed by atoms with Crippen LogP contribution < -0.4 is 5.32 Å². The molecule has 3 fully saturated rings. The second-order valence-corrected chi connectivity index (χ2v) is 9.87. The number of carbonyl (C=O) groups excluding carboxylic acids is 1. The minimum absolute atomic E-state index is 0.205. The van der Waals surface area contributed by atoms with Crippen LogP contribution in [0.2, 0.25) is 0 Å². The third-order valence-electron chi connectivity index (χ3n) is 6.65. The molecule has 3 aliphatic rings. The highest BCUT2D eigenvalue weighted by Crippen LogP contribution is 2.47. The summed E-state index contributed by atoms with van der Waals surface area (Å²) in [4.78, 5) is 19.9. The first-order valence-corrected chi connectivity index (χ1v) is 11.4. The lowest BCUT2D eigenvalue weighted by Gasteiger charge is -2.39. The lowest BCUT2D eigenvalue weighted by atomic mass is 9.70. The van der Waals surface area contributed by atoms with Gasteiger partial charge in [0.2, 0.25) is 5.91 Å². The van der Waals surface area contributed by atoms with E-state index in [1.165, 1.54) is 16.9 Å².